The summed E-state index contributed by atoms with van der Waals surface area (Å²) < 4.78 is 0. The SMILES string of the molecule is CCCCCC(=O)NC(=S)Nc1cccc(NC(=O)c2ccc(C(C)(C)C)cc2)c1. The maximum Gasteiger partial charge on any atom is 0.255 e. The van der Waals surface area contributed by atoms with Crippen LogP contribution in [0.15, 0.2) is 48.5 Å². The van der Waals surface area contributed by atoms with E-state index in [1.54, 1.807) is 12.1 Å². The lowest BCUT2D eigenvalue weighted by Gasteiger charge is -2.19. The summed E-state index contributed by atoms with van der Waals surface area (Å²) in [5.41, 5.74) is 3.14. The number of amides is 2. The number of hydrogen-bond acceptors (Lipinski definition) is 3. The van der Waals surface area contributed by atoms with Crippen LogP contribution in [0.3, 0.4) is 0 Å². The van der Waals surface area contributed by atoms with Crippen LogP contribution in [0.1, 0.15) is 69.3 Å². The Morgan fingerprint density at radius 1 is 0.933 bits per heavy atom. The first-order valence-electron chi connectivity index (χ1n) is 10.3. The molecule has 2 amide bonds. The monoisotopic (exact) mass is 425 g/mol. The number of hydrogen-bond donors (Lipinski definition) is 3. The smallest absolute Gasteiger partial charge is 0.255 e. The van der Waals surface area contributed by atoms with Gasteiger partial charge in [0.05, 0.1) is 0 Å². The van der Waals surface area contributed by atoms with Crippen LogP contribution < -0.4 is 16.0 Å². The maximum absolute atomic E-state index is 12.6. The van der Waals surface area contributed by atoms with Crippen LogP contribution in [0.25, 0.3) is 0 Å². The number of anilines is 2. The zero-order valence-electron chi connectivity index (χ0n) is 18.2. The minimum Gasteiger partial charge on any atom is -0.332 e. The van der Waals surface area contributed by atoms with Crippen molar-refractivity contribution in [2.75, 3.05) is 10.6 Å². The van der Waals surface area contributed by atoms with Gasteiger partial charge in [0.25, 0.3) is 5.91 Å². The van der Waals surface area contributed by atoms with Gasteiger partial charge in [0.1, 0.15) is 0 Å². The fourth-order valence-electron chi connectivity index (χ4n) is 2.89. The molecule has 0 aliphatic rings. The van der Waals surface area contributed by atoms with Crippen LogP contribution in [-0.4, -0.2) is 16.9 Å². The summed E-state index contributed by atoms with van der Waals surface area (Å²) >= 11 is 5.21. The molecule has 0 spiro atoms. The van der Waals surface area contributed by atoms with Crippen molar-refractivity contribution in [3.63, 3.8) is 0 Å². The largest absolute Gasteiger partial charge is 0.332 e. The third-order valence-corrected chi connectivity index (χ3v) is 4.86. The summed E-state index contributed by atoms with van der Waals surface area (Å²) in [5.74, 6) is -0.275. The Balaban J connectivity index is 1.94. The lowest BCUT2D eigenvalue weighted by Crippen LogP contribution is -2.33. The first kappa shape index (κ1) is 23.5. The van der Waals surface area contributed by atoms with Gasteiger partial charge in [0.2, 0.25) is 5.91 Å². The van der Waals surface area contributed by atoms with E-state index in [0.717, 1.165) is 19.3 Å². The standard InChI is InChI=1S/C24H31N3O2S/c1-5-6-7-11-21(28)27-23(30)26-20-10-8-9-19(16-20)25-22(29)17-12-14-18(15-13-17)24(2,3)4/h8-10,12-16H,5-7,11H2,1-4H3,(H,25,29)(H2,26,27,28,30). The Morgan fingerprint density at radius 3 is 2.17 bits per heavy atom. The molecule has 0 atom stereocenters. The first-order chi connectivity index (χ1) is 14.2. The van der Waals surface area contributed by atoms with E-state index in [9.17, 15) is 9.59 Å². The van der Waals surface area contributed by atoms with Gasteiger partial charge >= 0.3 is 0 Å². The molecule has 0 radical (unpaired) electrons. The quantitative estimate of drug-likeness (QED) is 0.397. The van der Waals surface area contributed by atoms with Gasteiger partial charge in [-0.25, -0.2) is 0 Å². The highest BCUT2D eigenvalue weighted by Gasteiger charge is 2.14. The van der Waals surface area contributed by atoms with Gasteiger partial charge in [-0.3, -0.25) is 9.59 Å². The van der Waals surface area contributed by atoms with E-state index in [0.29, 0.717) is 23.4 Å². The molecule has 0 fully saturated rings. The summed E-state index contributed by atoms with van der Waals surface area (Å²) in [6.45, 7) is 8.51. The lowest BCUT2D eigenvalue weighted by atomic mass is 9.87. The van der Waals surface area contributed by atoms with Crippen LogP contribution in [0.2, 0.25) is 0 Å². The Labute approximate surface area is 184 Å². The van der Waals surface area contributed by atoms with E-state index in [-0.39, 0.29) is 22.3 Å². The number of thiocarbonyl (C=S) groups is 1. The molecule has 3 N–H and O–H groups in total. The molecule has 0 aliphatic carbocycles. The second kappa shape index (κ2) is 10.9. The predicted octanol–water partition coefficient (Wildman–Crippen LogP) is 5.63. The molecule has 2 aromatic rings. The van der Waals surface area contributed by atoms with E-state index in [4.69, 9.17) is 12.2 Å². The summed E-state index contributed by atoms with van der Waals surface area (Å²) in [6, 6.07) is 14.8. The van der Waals surface area contributed by atoms with Crippen molar-refractivity contribution in [3.05, 3.63) is 59.7 Å². The van der Waals surface area contributed by atoms with Crippen LogP contribution >= 0.6 is 12.2 Å². The summed E-state index contributed by atoms with van der Waals surface area (Å²) in [4.78, 5) is 24.4. The molecule has 0 unspecified atom stereocenters. The van der Waals surface area contributed by atoms with Crippen molar-refractivity contribution < 1.29 is 9.59 Å². The number of rotatable bonds is 7. The molecule has 0 aromatic heterocycles. The van der Waals surface area contributed by atoms with Crippen molar-refractivity contribution in [1.82, 2.24) is 5.32 Å². The minimum absolute atomic E-state index is 0.0405. The fraction of sp³-hybridized carbons (Fsp3) is 0.375. The second-order valence-corrected chi connectivity index (χ2v) is 8.73. The average Bonchev–Trinajstić information content (AvgIpc) is 2.67. The van der Waals surface area contributed by atoms with Crippen LogP contribution in [0.4, 0.5) is 11.4 Å². The van der Waals surface area contributed by atoms with Gasteiger partial charge in [-0.15, -0.1) is 0 Å². The van der Waals surface area contributed by atoms with Crippen molar-refractivity contribution in [3.8, 4) is 0 Å². The lowest BCUT2D eigenvalue weighted by molar-refractivity contribution is -0.119. The molecule has 2 rings (SSSR count). The number of unbranched alkanes of at least 4 members (excludes halogenated alkanes) is 2. The molecule has 0 aliphatic heterocycles. The van der Waals surface area contributed by atoms with Crippen molar-refractivity contribution >= 4 is 40.5 Å². The molecule has 0 bridgehead atoms. The average molecular weight is 426 g/mol. The van der Waals surface area contributed by atoms with Crippen molar-refractivity contribution in [2.45, 2.75) is 58.8 Å². The summed E-state index contributed by atoms with van der Waals surface area (Å²) in [6.07, 6.45) is 3.40. The van der Waals surface area contributed by atoms with Gasteiger partial charge in [-0.1, -0.05) is 58.7 Å². The zero-order chi connectivity index (χ0) is 22.1. The number of nitrogens with one attached hydrogen (secondary N) is 3. The van der Waals surface area contributed by atoms with E-state index in [1.807, 2.05) is 36.4 Å². The highest BCUT2D eigenvalue weighted by molar-refractivity contribution is 7.80. The summed E-state index contributed by atoms with van der Waals surface area (Å²) in [5, 5.41) is 8.82. The third kappa shape index (κ3) is 7.59. The molecule has 2 aromatic carbocycles. The van der Waals surface area contributed by atoms with E-state index in [2.05, 4.69) is 43.6 Å². The molecule has 0 saturated heterocycles. The molecule has 5 nitrogen and oxygen atoms in total. The van der Waals surface area contributed by atoms with E-state index < -0.39 is 0 Å². The summed E-state index contributed by atoms with van der Waals surface area (Å²) in [7, 11) is 0. The van der Waals surface area contributed by atoms with Crippen LogP contribution in [0.5, 0.6) is 0 Å². The topological polar surface area (TPSA) is 70.2 Å². The second-order valence-electron chi connectivity index (χ2n) is 8.32. The molecule has 0 saturated carbocycles. The van der Waals surface area contributed by atoms with Crippen molar-refractivity contribution in [2.24, 2.45) is 0 Å². The van der Waals surface area contributed by atoms with Gasteiger partial charge in [-0.05, 0) is 59.9 Å². The minimum atomic E-state index is -0.181. The zero-order valence-corrected chi connectivity index (χ0v) is 19.0. The van der Waals surface area contributed by atoms with Crippen LogP contribution in [-0.2, 0) is 10.2 Å². The van der Waals surface area contributed by atoms with Gasteiger partial charge < -0.3 is 16.0 Å². The fourth-order valence-corrected chi connectivity index (χ4v) is 3.12. The predicted molar refractivity (Wildman–Crippen MR) is 128 cm³/mol. The molecule has 6 heteroatoms. The van der Waals surface area contributed by atoms with Crippen LogP contribution in [0, 0.1) is 0 Å². The van der Waals surface area contributed by atoms with Gasteiger partial charge in [0.15, 0.2) is 5.11 Å². The van der Waals surface area contributed by atoms with E-state index in [1.165, 1.54) is 5.56 Å². The highest BCUT2D eigenvalue weighted by Crippen LogP contribution is 2.23. The molecule has 160 valence electrons. The molecule has 30 heavy (non-hydrogen) atoms. The Kier molecular flexibility index (Phi) is 8.54. The Morgan fingerprint density at radius 2 is 1.57 bits per heavy atom. The highest BCUT2D eigenvalue weighted by atomic mass is 32.1. The van der Waals surface area contributed by atoms with Gasteiger partial charge in [-0.2, -0.15) is 0 Å². The van der Waals surface area contributed by atoms with Gasteiger partial charge in [0, 0.05) is 23.4 Å². The number of benzene rings is 2. The maximum atomic E-state index is 12.6. The van der Waals surface area contributed by atoms with Crippen molar-refractivity contribution in [1.29, 1.82) is 0 Å². The van der Waals surface area contributed by atoms with E-state index >= 15 is 0 Å². The molecular formula is C24H31N3O2S. The Hall–Kier alpha value is -2.73. The molecular weight excluding hydrogens is 394 g/mol. The molecule has 0 heterocycles. The first-order valence-corrected chi connectivity index (χ1v) is 10.7. The Bertz CT molecular complexity index is 886. The number of carbonyl (C=O) groups excluding carboxylic acids is 2. The number of carbonyl (C=O) groups is 2. The third-order valence-electron chi connectivity index (χ3n) is 4.65. The normalized spacial score (nSPS) is 10.9.